The molecule has 0 aliphatic heterocycles. The van der Waals surface area contributed by atoms with E-state index in [0.29, 0.717) is 34.1 Å². The predicted octanol–water partition coefficient (Wildman–Crippen LogP) is 4.56. The molecular weight excluding hydrogens is 458 g/mol. The SMILES string of the molecule is CC(C)N(Cc1ccccc1)C(=O)CSc1nnc2n(-c3ccccc3)c(=O)c3ccccc3n12. The molecule has 0 radical (unpaired) electrons. The highest BCUT2D eigenvalue weighted by Crippen LogP contribution is 2.24. The molecule has 0 saturated heterocycles. The summed E-state index contributed by atoms with van der Waals surface area (Å²) in [5.41, 5.74) is 2.35. The summed E-state index contributed by atoms with van der Waals surface area (Å²) in [6, 6.07) is 26.8. The van der Waals surface area contributed by atoms with E-state index in [-0.39, 0.29) is 23.3 Å². The summed E-state index contributed by atoms with van der Waals surface area (Å²) in [6.07, 6.45) is 0. The van der Waals surface area contributed by atoms with Crippen LogP contribution in [0.15, 0.2) is 94.9 Å². The number of nitrogens with zero attached hydrogens (tertiary/aromatic N) is 5. The van der Waals surface area contributed by atoms with E-state index >= 15 is 0 Å². The third-order valence-corrected chi connectivity index (χ3v) is 6.79. The van der Waals surface area contributed by atoms with Crippen LogP contribution in [0, 0.1) is 0 Å². The minimum Gasteiger partial charge on any atom is -0.335 e. The number of para-hydroxylation sites is 2. The van der Waals surface area contributed by atoms with Crippen molar-refractivity contribution in [3.8, 4) is 5.69 Å². The number of aromatic nitrogens is 4. The van der Waals surface area contributed by atoms with Crippen molar-refractivity contribution in [2.24, 2.45) is 0 Å². The van der Waals surface area contributed by atoms with Crippen molar-refractivity contribution >= 4 is 34.3 Å². The number of amides is 1. The van der Waals surface area contributed by atoms with Crippen molar-refractivity contribution in [3.05, 3.63) is 101 Å². The van der Waals surface area contributed by atoms with Crippen molar-refractivity contribution in [2.45, 2.75) is 31.6 Å². The van der Waals surface area contributed by atoms with Crippen molar-refractivity contribution in [3.63, 3.8) is 0 Å². The fourth-order valence-corrected chi connectivity index (χ4v) is 4.96. The van der Waals surface area contributed by atoms with Gasteiger partial charge in [-0.15, -0.1) is 10.2 Å². The minimum atomic E-state index is -0.159. The molecule has 7 nitrogen and oxygen atoms in total. The molecule has 0 spiro atoms. The topological polar surface area (TPSA) is 72.5 Å². The lowest BCUT2D eigenvalue weighted by molar-refractivity contribution is -0.130. The highest BCUT2D eigenvalue weighted by molar-refractivity contribution is 7.99. The summed E-state index contributed by atoms with van der Waals surface area (Å²) in [7, 11) is 0. The fraction of sp³-hybridized carbons (Fsp3) is 0.185. The van der Waals surface area contributed by atoms with E-state index in [1.165, 1.54) is 11.8 Å². The Kier molecular flexibility index (Phi) is 6.37. The van der Waals surface area contributed by atoms with E-state index in [9.17, 15) is 9.59 Å². The molecule has 2 heterocycles. The number of rotatable bonds is 7. The van der Waals surface area contributed by atoms with Crippen LogP contribution in [0.3, 0.4) is 0 Å². The number of benzene rings is 3. The maximum Gasteiger partial charge on any atom is 0.267 e. The maximum atomic E-state index is 13.4. The van der Waals surface area contributed by atoms with Crippen LogP contribution in [0.25, 0.3) is 22.4 Å². The first kappa shape index (κ1) is 22.9. The molecule has 176 valence electrons. The quantitative estimate of drug-likeness (QED) is 0.317. The molecule has 3 aromatic carbocycles. The smallest absolute Gasteiger partial charge is 0.267 e. The molecule has 1 amide bonds. The Labute approximate surface area is 207 Å². The number of fused-ring (bicyclic) bond motifs is 3. The van der Waals surface area contributed by atoms with Gasteiger partial charge >= 0.3 is 0 Å². The molecule has 0 aliphatic carbocycles. The van der Waals surface area contributed by atoms with E-state index in [1.54, 1.807) is 10.6 Å². The summed E-state index contributed by atoms with van der Waals surface area (Å²) in [6.45, 7) is 4.59. The van der Waals surface area contributed by atoms with E-state index in [1.807, 2.05) is 102 Å². The molecule has 8 heteroatoms. The van der Waals surface area contributed by atoms with Crippen molar-refractivity contribution in [1.82, 2.24) is 24.1 Å². The van der Waals surface area contributed by atoms with Gasteiger partial charge in [0.05, 0.1) is 22.3 Å². The minimum absolute atomic E-state index is 0.0197. The van der Waals surface area contributed by atoms with E-state index in [0.717, 1.165) is 5.56 Å². The lowest BCUT2D eigenvalue weighted by Gasteiger charge is -2.26. The van der Waals surface area contributed by atoms with Crippen LogP contribution < -0.4 is 5.56 Å². The van der Waals surface area contributed by atoms with Gasteiger partial charge in [0.2, 0.25) is 11.7 Å². The Bertz CT molecular complexity index is 1540. The van der Waals surface area contributed by atoms with Crippen molar-refractivity contribution in [1.29, 1.82) is 0 Å². The third kappa shape index (κ3) is 4.44. The Morgan fingerprint density at radius 3 is 2.29 bits per heavy atom. The van der Waals surface area contributed by atoms with E-state index < -0.39 is 0 Å². The average Bonchev–Trinajstić information content (AvgIpc) is 3.31. The van der Waals surface area contributed by atoms with Gasteiger partial charge in [0.25, 0.3) is 5.56 Å². The molecule has 5 aromatic rings. The van der Waals surface area contributed by atoms with Gasteiger partial charge in [-0.05, 0) is 43.7 Å². The van der Waals surface area contributed by atoms with E-state index in [4.69, 9.17) is 0 Å². The summed E-state index contributed by atoms with van der Waals surface area (Å²) in [5.74, 6) is 0.649. The summed E-state index contributed by atoms with van der Waals surface area (Å²) in [4.78, 5) is 28.5. The van der Waals surface area contributed by atoms with Gasteiger partial charge in [-0.1, -0.05) is 72.4 Å². The summed E-state index contributed by atoms with van der Waals surface area (Å²) >= 11 is 1.33. The number of thioether (sulfide) groups is 1. The highest BCUT2D eigenvalue weighted by atomic mass is 32.2. The van der Waals surface area contributed by atoms with Gasteiger partial charge in [-0.2, -0.15) is 0 Å². The van der Waals surface area contributed by atoms with Crippen LogP contribution in [0.1, 0.15) is 19.4 Å². The monoisotopic (exact) mass is 483 g/mol. The van der Waals surface area contributed by atoms with Crippen molar-refractivity contribution < 1.29 is 4.79 Å². The molecule has 2 aromatic heterocycles. The molecular formula is C27H25N5O2S. The molecule has 0 unspecified atom stereocenters. The van der Waals surface area contributed by atoms with Crippen LogP contribution in [0.4, 0.5) is 0 Å². The fourth-order valence-electron chi connectivity index (χ4n) is 4.13. The van der Waals surface area contributed by atoms with Crippen LogP contribution in [-0.4, -0.2) is 41.8 Å². The Morgan fingerprint density at radius 1 is 0.914 bits per heavy atom. The largest absolute Gasteiger partial charge is 0.335 e. The Hall–Kier alpha value is -3.91. The van der Waals surface area contributed by atoms with Crippen molar-refractivity contribution in [2.75, 3.05) is 5.75 Å². The maximum absolute atomic E-state index is 13.4. The highest BCUT2D eigenvalue weighted by Gasteiger charge is 2.21. The zero-order chi connectivity index (χ0) is 24.4. The molecule has 0 N–H and O–H groups in total. The first-order valence-corrected chi connectivity index (χ1v) is 12.4. The number of hydrogen-bond acceptors (Lipinski definition) is 5. The molecule has 0 bridgehead atoms. The van der Waals surface area contributed by atoms with E-state index in [2.05, 4.69) is 10.2 Å². The lowest BCUT2D eigenvalue weighted by Crippen LogP contribution is -2.37. The van der Waals surface area contributed by atoms with Gasteiger partial charge in [-0.25, -0.2) is 4.57 Å². The standard InChI is InChI=1S/C27H25N5O2S/c1-19(2)30(17-20-11-5-3-6-12-20)24(33)18-35-27-29-28-26-31(21-13-7-4-8-14-21)25(34)22-15-9-10-16-23(22)32(26)27/h3-16,19H,17-18H2,1-2H3. The van der Waals surface area contributed by atoms with Crippen LogP contribution in [0.2, 0.25) is 0 Å². The second-order valence-electron chi connectivity index (χ2n) is 8.50. The predicted molar refractivity (Wildman–Crippen MR) is 139 cm³/mol. The number of carbonyl (C=O) groups is 1. The second-order valence-corrected chi connectivity index (χ2v) is 9.44. The first-order chi connectivity index (χ1) is 17.0. The average molecular weight is 484 g/mol. The molecule has 0 aliphatic rings. The normalized spacial score (nSPS) is 11.4. The van der Waals surface area contributed by atoms with Gasteiger partial charge in [-0.3, -0.25) is 14.0 Å². The summed E-state index contributed by atoms with van der Waals surface area (Å²) in [5, 5.41) is 9.87. The molecule has 5 rings (SSSR count). The first-order valence-electron chi connectivity index (χ1n) is 11.4. The van der Waals surface area contributed by atoms with Gasteiger partial charge < -0.3 is 4.90 Å². The third-order valence-electron chi connectivity index (χ3n) is 5.87. The molecule has 0 fully saturated rings. The number of carbonyl (C=O) groups excluding carboxylic acids is 1. The number of hydrogen-bond donors (Lipinski definition) is 0. The van der Waals surface area contributed by atoms with Crippen LogP contribution >= 0.6 is 11.8 Å². The lowest BCUT2D eigenvalue weighted by atomic mass is 10.2. The van der Waals surface area contributed by atoms with Gasteiger partial charge in [0.15, 0.2) is 5.16 Å². The molecule has 0 atom stereocenters. The zero-order valence-corrected chi connectivity index (χ0v) is 20.4. The van der Waals surface area contributed by atoms with Crippen LogP contribution in [-0.2, 0) is 11.3 Å². The summed E-state index contributed by atoms with van der Waals surface area (Å²) < 4.78 is 3.43. The molecule has 35 heavy (non-hydrogen) atoms. The van der Waals surface area contributed by atoms with Gasteiger partial charge in [0, 0.05) is 12.6 Å². The Balaban J connectivity index is 1.51. The van der Waals surface area contributed by atoms with Crippen LogP contribution in [0.5, 0.6) is 0 Å². The second kappa shape index (κ2) is 9.76. The zero-order valence-electron chi connectivity index (χ0n) is 19.5. The molecule has 0 saturated carbocycles. The van der Waals surface area contributed by atoms with Gasteiger partial charge in [0.1, 0.15) is 0 Å². The Morgan fingerprint density at radius 2 is 1.57 bits per heavy atom.